The second kappa shape index (κ2) is 5.86. The summed E-state index contributed by atoms with van der Waals surface area (Å²) in [6.45, 7) is 0. The smallest absolute Gasteiger partial charge is 0.213 e. The lowest BCUT2D eigenvalue weighted by Gasteiger charge is -2.38. The molecule has 5 rings (SSSR count). The van der Waals surface area contributed by atoms with Gasteiger partial charge in [0.2, 0.25) is 6.23 Å². The van der Waals surface area contributed by atoms with E-state index in [2.05, 4.69) is 27.5 Å². The summed E-state index contributed by atoms with van der Waals surface area (Å²) >= 11 is 7.95. The van der Waals surface area contributed by atoms with E-state index in [4.69, 9.17) is 21.4 Å². The van der Waals surface area contributed by atoms with Crippen molar-refractivity contribution in [2.45, 2.75) is 18.7 Å². The fourth-order valence-corrected chi connectivity index (χ4v) is 4.30. The van der Waals surface area contributed by atoms with Gasteiger partial charge in [-0.05, 0) is 41.8 Å². The van der Waals surface area contributed by atoms with Gasteiger partial charge in [-0.1, -0.05) is 17.7 Å². The molecule has 2 atom stereocenters. The van der Waals surface area contributed by atoms with Gasteiger partial charge >= 0.3 is 0 Å². The number of aromatic nitrogens is 1. The Bertz CT molecular complexity index is 943. The van der Waals surface area contributed by atoms with Gasteiger partial charge in [0, 0.05) is 35.0 Å². The van der Waals surface area contributed by atoms with Crippen LogP contribution >= 0.6 is 22.9 Å². The number of nitrogens with zero attached hydrogens (tertiary/aromatic N) is 3. The van der Waals surface area contributed by atoms with Crippen LogP contribution in [0.5, 0.6) is 5.75 Å². The molecule has 3 aromatic rings. The predicted molar refractivity (Wildman–Crippen MR) is 99.1 cm³/mol. The summed E-state index contributed by atoms with van der Waals surface area (Å²) < 4.78 is 6.29. The molecule has 2 aliphatic heterocycles. The van der Waals surface area contributed by atoms with Crippen LogP contribution in [0.25, 0.3) is 0 Å². The lowest BCUT2D eigenvalue weighted by molar-refractivity contribution is -0.0190. The Labute approximate surface area is 154 Å². The van der Waals surface area contributed by atoms with Crippen molar-refractivity contribution >= 4 is 28.6 Å². The van der Waals surface area contributed by atoms with Crippen molar-refractivity contribution in [1.29, 1.82) is 0 Å². The monoisotopic (exact) mass is 367 g/mol. The quantitative estimate of drug-likeness (QED) is 0.636. The Morgan fingerprint density at radius 2 is 2.04 bits per heavy atom. The number of halogens is 1. The maximum Gasteiger partial charge on any atom is 0.213 e. The van der Waals surface area contributed by atoms with Gasteiger partial charge in [0.1, 0.15) is 5.75 Å². The van der Waals surface area contributed by atoms with E-state index in [1.165, 1.54) is 4.88 Å². The van der Waals surface area contributed by atoms with Crippen molar-refractivity contribution in [3.8, 4) is 5.75 Å². The van der Waals surface area contributed by atoms with E-state index < -0.39 is 0 Å². The molecule has 4 heterocycles. The minimum Gasteiger partial charge on any atom is -0.464 e. The van der Waals surface area contributed by atoms with Gasteiger partial charge in [-0.2, -0.15) is 5.10 Å². The molecular weight excluding hydrogens is 354 g/mol. The van der Waals surface area contributed by atoms with Crippen LogP contribution in [-0.2, 0) is 0 Å². The summed E-state index contributed by atoms with van der Waals surface area (Å²) in [4.78, 5) is 5.31. The molecule has 0 bridgehead atoms. The van der Waals surface area contributed by atoms with Gasteiger partial charge in [0.15, 0.2) is 0 Å². The van der Waals surface area contributed by atoms with Crippen LogP contribution in [0.3, 0.4) is 0 Å². The number of thiophene rings is 1. The van der Waals surface area contributed by atoms with E-state index in [9.17, 15) is 0 Å². The standard InChI is InChI=1S/C19H14ClN3OS/c20-13-3-4-17-14(10-13)16-11-15(18-2-1-9-25-18)22-23(16)19(24-17)12-5-7-21-8-6-12/h1-10,16,19H,11H2/t16-,19-/m0/s1. The number of hydrogen-bond donors (Lipinski definition) is 0. The second-order valence-electron chi connectivity index (χ2n) is 6.06. The highest BCUT2D eigenvalue weighted by molar-refractivity contribution is 7.12. The minimum absolute atomic E-state index is 0.123. The Morgan fingerprint density at radius 1 is 1.16 bits per heavy atom. The predicted octanol–water partition coefficient (Wildman–Crippen LogP) is 5.04. The first-order valence-electron chi connectivity index (χ1n) is 8.05. The fourth-order valence-electron chi connectivity index (χ4n) is 3.40. The van der Waals surface area contributed by atoms with Gasteiger partial charge in [-0.25, -0.2) is 5.01 Å². The summed E-state index contributed by atoms with van der Waals surface area (Å²) in [7, 11) is 0. The van der Waals surface area contributed by atoms with E-state index >= 15 is 0 Å². The highest BCUT2D eigenvalue weighted by atomic mass is 35.5. The summed E-state index contributed by atoms with van der Waals surface area (Å²) in [5.74, 6) is 0.870. The zero-order valence-electron chi connectivity index (χ0n) is 13.2. The molecule has 0 radical (unpaired) electrons. The van der Waals surface area contributed by atoms with E-state index in [0.29, 0.717) is 5.02 Å². The molecule has 0 N–H and O–H groups in total. The highest BCUT2D eigenvalue weighted by Crippen LogP contribution is 2.48. The van der Waals surface area contributed by atoms with Crippen LogP contribution in [0.15, 0.2) is 65.3 Å². The SMILES string of the molecule is Clc1ccc2c(c1)[C@@H]1CC(c3cccs3)=NN1[C@H](c1ccncc1)O2. The number of fused-ring (bicyclic) bond motifs is 3. The van der Waals surface area contributed by atoms with Gasteiger partial charge < -0.3 is 4.74 Å². The minimum atomic E-state index is -0.265. The van der Waals surface area contributed by atoms with Crippen molar-refractivity contribution in [1.82, 2.24) is 9.99 Å². The molecule has 2 aliphatic rings. The number of pyridine rings is 1. The Balaban J connectivity index is 1.62. The molecule has 1 aromatic carbocycles. The van der Waals surface area contributed by atoms with E-state index in [1.807, 2.05) is 30.3 Å². The van der Waals surface area contributed by atoms with Crippen molar-refractivity contribution in [3.05, 3.63) is 81.3 Å². The van der Waals surface area contributed by atoms with Crippen molar-refractivity contribution in [2.75, 3.05) is 0 Å². The number of benzene rings is 1. The normalized spacial score (nSPS) is 21.3. The number of hydrogen-bond acceptors (Lipinski definition) is 5. The third-order valence-electron chi connectivity index (χ3n) is 4.55. The molecule has 4 nitrogen and oxygen atoms in total. The van der Waals surface area contributed by atoms with Gasteiger partial charge in [-0.3, -0.25) is 4.98 Å². The fraction of sp³-hybridized carbons (Fsp3) is 0.158. The lowest BCUT2D eigenvalue weighted by Crippen LogP contribution is -2.33. The van der Waals surface area contributed by atoms with Crippen LogP contribution in [0.4, 0.5) is 0 Å². The molecule has 0 saturated heterocycles. The first-order chi connectivity index (χ1) is 12.3. The molecule has 0 fully saturated rings. The molecule has 0 amide bonds. The molecular formula is C19H14ClN3OS. The summed E-state index contributed by atoms with van der Waals surface area (Å²) in [6.07, 6.45) is 4.15. The van der Waals surface area contributed by atoms with Crippen molar-refractivity contribution in [3.63, 3.8) is 0 Å². The number of hydrazone groups is 1. The van der Waals surface area contributed by atoms with Crippen LogP contribution in [0, 0.1) is 0 Å². The maximum absolute atomic E-state index is 6.29. The third kappa shape index (κ3) is 2.51. The first-order valence-corrected chi connectivity index (χ1v) is 9.31. The van der Waals surface area contributed by atoms with Crippen LogP contribution in [-0.4, -0.2) is 15.7 Å². The molecule has 0 spiro atoms. The maximum atomic E-state index is 6.29. The summed E-state index contributed by atoms with van der Waals surface area (Å²) in [6, 6.07) is 14.1. The largest absolute Gasteiger partial charge is 0.464 e. The van der Waals surface area contributed by atoms with Crippen LogP contribution in [0.2, 0.25) is 5.02 Å². The summed E-state index contributed by atoms with van der Waals surface area (Å²) in [5.41, 5.74) is 3.22. The molecule has 25 heavy (non-hydrogen) atoms. The van der Waals surface area contributed by atoms with Gasteiger partial charge in [-0.15, -0.1) is 11.3 Å². The molecule has 0 unspecified atom stereocenters. The molecule has 0 saturated carbocycles. The Hall–Kier alpha value is -2.37. The number of rotatable bonds is 2. The zero-order valence-corrected chi connectivity index (χ0v) is 14.7. The number of ether oxygens (including phenoxy) is 1. The Kier molecular flexibility index (Phi) is 3.50. The average Bonchev–Trinajstić information content (AvgIpc) is 3.31. The highest BCUT2D eigenvalue weighted by Gasteiger charge is 2.41. The molecule has 124 valence electrons. The first kappa shape index (κ1) is 14.9. The zero-order chi connectivity index (χ0) is 16.8. The third-order valence-corrected chi connectivity index (χ3v) is 5.70. The van der Waals surface area contributed by atoms with Crippen LogP contribution in [0.1, 0.15) is 34.7 Å². The average molecular weight is 368 g/mol. The molecule has 2 aromatic heterocycles. The lowest BCUT2D eigenvalue weighted by atomic mass is 9.98. The molecule has 0 aliphatic carbocycles. The summed E-state index contributed by atoms with van der Waals surface area (Å²) in [5, 5.41) is 9.77. The van der Waals surface area contributed by atoms with Crippen LogP contribution < -0.4 is 4.74 Å². The van der Waals surface area contributed by atoms with E-state index in [1.54, 1.807) is 23.7 Å². The van der Waals surface area contributed by atoms with E-state index in [-0.39, 0.29) is 12.3 Å². The van der Waals surface area contributed by atoms with Gasteiger partial charge in [0.25, 0.3) is 0 Å². The van der Waals surface area contributed by atoms with Crippen molar-refractivity contribution in [2.24, 2.45) is 5.10 Å². The molecule has 6 heteroatoms. The topological polar surface area (TPSA) is 37.7 Å². The van der Waals surface area contributed by atoms with Crippen molar-refractivity contribution < 1.29 is 4.74 Å². The van der Waals surface area contributed by atoms with Gasteiger partial charge in [0.05, 0.1) is 16.6 Å². The Morgan fingerprint density at radius 3 is 2.84 bits per heavy atom. The van der Waals surface area contributed by atoms with E-state index in [0.717, 1.165) is 29.0 Å². The second-order valence-corrected chi connectivity index (χ2v) is 7.44.